The van der Waals surface area contributed by atoms with Crippen LogP contribution >= 0.6 is 24.0 Å². The van der Waals surface area contributed by atoms with Gasteiger partial charge in [-0.15, -0.1) is 12.4 Å². The van der Waals surface area contributed by atoms with Gasteiger partial charge in [0.05, 0.1) is 36.2 Å². The molecule has 0 N–H and O–H groups in total. The molecular weight excluding hydrogens is 463 g/mol. The highest BCUT2D eigenvalue weighted by Gasteiger charge is 2.28. The molecule has 1 aliphatic rings. The van der Waals surface area contributed by atoms with Crippen LogP contribution in [0.1, 0.15) is 61.5 Å². The number of carbonyl (C=O) groups excluding carboxylic acids is 1. The molecule has 0 radical (unpaired) electrons. The van der Waals surface area contributed by atoms with E-state index in [9.17, 15) is 4.79 Å². The Morgan fingerprint density at radius 3 is 2.61 bits per heavy atom. The second kappa shape index (κ2) is 11.1. The van der Waals surface area contributed by atoms with Crippen LogP contribution in [0.15, 0.2) is 28.9 Å². The summed E-state index contributed by atoms with van der Waals surface area (Å²) >= 11 is 6.18. The van der Waals surface area contributed by atoms with Gasteiger partial charge in [0.15, 0.2) is 5.82 Å². The molecule has 1 aromatic carbocycles. The average molecular weight is 493 g/mol. The molecule has 1 amide bonds. The molecule has 0 atom stereocenters. The predicted octanol–water partition coefficient (Wildman–Crippen LogP) is 4.99. The number of rotatable bonds is 9. The Morgan fingerprint density at radius 1 is 1.18 bits per heavy atom. The topological polar surface area (TPSA) is 80.3 Å². The molecule has 178 valence electrons. The molecule has 33 heavy (non-hydrogen) atoms. The third kappa shape index (κ3) is 5.39. The Balaban J connectivity index is 0.00000306. The van der Waals surface area contributed by atoms with Crippen molar-refractivity contribution in [1.29, 1.82) is 0 Å². The molecule has 0 saturated heterocycles. The SMILES string of the molecule is CCCCN(CCCC)Cc1nc(-c2ncc3n2-c2ccc(Cl)cc2C(=O)N(C)C3)no1.Cl. The zero-order valence-corrected chi connectivity index (χ0v) is 20.8. The van der Waals surface area contributed by atoms with Gasteiger partial charge in [0.2, 0.25) is 11.7 Å². The predicted molar refractivity (Wildman–Crippen MR) is 130 cm³/mol. The van der Waals surface area contributed by atoms with Crippen LogP contribution in [0.25, 0.3) is 17.3 Å². The number of aromatic nitrogens is 4. The molecule has 4 rings (SSSR count). The van der Waals surface area contributed by atoms with E-state index >= 15 is 0 Å². The number of hydrogen-bond donors (Lipinski definition) is 0. The van der Waals surface area contributed by atoms with Crippen molar-refractivity contribution < 1.29 is 9.32 Å². The summed E-state index contributed by atoms with van der Waals surface area (Å²) in [6.07, 6.45) is 6.33. The van der Waals surface area contributed by atoms with E-state index in [2.05, 4.69) is 33.9 Å². The number of carbonyl (C=O) groups is 1. The van der Waals surface area contributed by atoms with Crippen molar-refractivity contribution in [3.05, 3.63) is 46.6 Å². The minimum Gasteiger partial charge on any atom is -0.337 e. The first-order chi connectivity index (χ1) is 15.5. The van der Waals surface area contributed by atoms with Crippen LogP contribution in [0.3, 0.4) is 0 Å². The fraction of sp³-hybridized carbons (Fsp3) is 0.478. The van der Waals surface area contributed by atoms with E-state index < -0.39 is 0 Å². The van der Waals surface area contributed by atoms with Crippen LogP contribution in [-0.4, -0.2) is 55.5 Å². The lowest BCUT2D eigenvalue weighted by Gasteiger charge is -2.19. The normalized spacial score (nSPS) is 13.0. The Hall–Kier alpha value is -2.42. The number of amides is 1. The van der Waals surface area contributed by atoms with Crippen LogP contribution in [0.4, 0.5) is 0 Å². The summed E-state index contributed by atoms with van der Waals surface area (Å²) < 4.78 is 7.52. The first kappa shape index (κ1) is 25.2. The summed E-state index contributed by atoms with van der Waals surface area (Å²) in [5.74, 6) is 1.45. The minimum atomic E-state index is -0.0894. The number of imidazole rings is 1. The van der Waals surface area contributed by atoms with Crippen LogP contribution in [0, 0.1) is 0 Å². The molecule has 0 saturated carbocycles. The van der Waals surface area contributed by atoms with E-state index in [1.165, 1.54) is 0 Å². The summed E-state index contributed by atoms with van der Waals surface area (Å²) in [5.41, 5.74) is 2.10. The Bertz CT molecular complexity index is 1090. The standard InChI is InChI=1S/C23H29ClN6O2.ClH/c1-4-6-10-29(11-7-5-2)15-20-26-21(27-32-20)22-25-13-17-14-28(3)23(31)18-12-16(24)8-9-19(18)30(17)22;/h8-9,12-13H,4-7,10-11,14-15H2,1-3H3;1H. The average Bonchev–Trinajstić information content (AvgIpc) is 3.39. The van der Waals surface area contributed by atoms with Crippen molar-refractivity contribution in [2.24, 2.45) is 0 Å². The minimum absolute atomic E-state index is 0. The third-order valence-electron chi connectivity index (χ3n) is 5.69. The molecular formula is C23H30Cl2N6O2. The molecule has 0 unspecified atom stereocenters. The highest BCUT2D eigenvalue weighted by Crippen LogP contribution is 2.30. The van der Waals surface area contributed by atoms with Crippen LogP contribution in [0.5, 0.6) is 0 Å². The second-order valence-electron chi connectivity index (χ2n) is 8.23. The monoisotopic (exact) mass is 492 g/mol. The molecule has 0 bridgehead atoms. The van der Waals surface area contributed by atoms with Gasteiger partial charge in [-0.3, -0.25) is 14.3 Å². The van der Waals surface area contributed by atoms with E-state index in [1.54, 1.807) is 30.3 Å². The Labute approximate surface area is 205 Å². The van der Waals surface area contributed by atoms with Gasteiger partial charge in [0.1, 0.15) is 0 Å². The van der Waals surface area contributed by atoms with Crippen molar-refractivity contribution in [3.63, 3.8) is 0 Å². The number of benzene rings is 1. The Kier molecular flexibility index (Phi) is 8.51. The van der Waals surface area contributed by atoms with Crippen molar-refractivity contribution in [2.45, 2.75) is 52.6 Å². The van der Waals surface area contributed by atoms with E-state index in [1.807, 2.05) is 10.6 Å². The van der Waals surface area contributed by atoms with Gasteiger partial charge in [0, 0.05) is 12.1 Å². The summed E-state index contributed by atoms with van der Waals surface area (Å²) in [7, 11) is 1.77. The summed E-state index contributed by atoms with van der Waals surface area (Å²) in [6, 6.07) is 5.30. The summed E-state index contributed by atoms with van der Waals surface area (Å²) in [5, 5.41) is 4.73. The molecule has 0 aliphatic carbocycles. The molecule has 0 fully saturated rings. The van der Waals surface area contributed by atoms with Gasteiger partial charge < -0.3 is 9.42 Å². The zero-order valence-electron chi connectivity index (χ0n) is 19.3. The van der Waals surface area contributed by atoms with Gasteiger partial charge in [-0.05, 0) is 44.1 Å². The van der Waals surface area contributed by atoms with Crippen molar-refractivity contribution in [3.8, 4) is 17.3 Å². The smallest absolute Gasteiger partial charge is 0.256 e. The highest BCUT2D eigenvalue weighted by molar-refractivity contribution is 6.31. The van der Waals surface area contributed by atoms with Crippen LogP contribution in [0.2, 0.25) is 5.02 Å². The maximum absolute atomic E-state index is 12.9. The summed E-state index contributed by atoms with van der Waals surface area (Å²) in [6.45, 7) is 7.45. The van der Waals surface area contributed by atoms with Gasteiger partial charge >= 0.3 is 0 Å². The maximum Gasteiger partial charge on any atom is 0.256 e. The molecule has 3 heterocycles. The summed E-state index contributed by atoms with van der Waals surface area (Å²) in [4.78, 5) is 26.1. The lowest BCUT2D eigenvalue weighted by molar-refractivity contribution is 0.0788. The van der Waals surface area contributed by atoms with Crippen molar-refractivity contribution in [1.82, 2.24) is 29.5 Å². The van der Waals surface area contributed by atoms with Crippen molar-refractivity contribution in [2.75, 3.05) is 20.1 Å². The van der Waals surface area contributed by atoms with Crippen LogP contribution < -0.4 is 0 Å². The molecule has 1 aliphatic heterocycles. The third-order valence-corrected chi connectivity index (χ3v) is 5.93. The highest BCUT2D eigenvalue weighted by atomic mass is 35.5. The number of halogens is 2. The van der Waals surface area contributed by atoms with E-state index in [4.69, 9.17) is 16.1 Å². The lowest BCUT2D eigenvalue weighted by Crippen LogP contribution is -2.25. The fourth-order valence-electron chi connectivity index (χ4n) is 3.95. The van der Waals surface area contributed by atoms with E-state index in [-0.39, 0.29) is 18.3 Å². The van der Waals surface area contributed by atoms with Crippen LogP contribution in [-0.2, 0) is 13.1 Å². The van der Waals surface area contributed by atoms with Gasteiger partial charge in [0.25, 0.3) is 5.91 Å². The largest absolute Gasteiger partial charge is 0.337 e. The van der Waals surface area contributed by atoms with Crippen molar-refractivity contribution >= 4 is 29.9 Å². The number of fused-ring (bicyclic) bond motifs is 3. The molecule has 3 aromatic rings. The van der Waals surface area contributed by atoms with Gasteiger partial charge in [-0.25, -0.2) is 4.98 Å². The first-order valence-corrected chi connectivity index (χ1v) is 11.6. The lowest BCUT2D eigenvalue weighted by atomic mass is 10.1. The molecule has 8 nitrogen and oxygen atoms in total. The molecule has 10 heteroatoms. The fourth-order valence-corrected chi connectivity index (χ4v) is 4.13. The first-order valence-electron chi connectivity index (χ1n) is 11.2. The Morgan fingerprint density at radius 2 is 1.91 bits per heavy atom. The van der Waals surface area contributed by atoms with Gasteiger partial charge in [-0.1, -0.05) is 43.4 Å². The quantitative estimate of drug-likeness (QED) is 0.418. The van der Waals surface area contributed by atoms with E-state index in [0.717, 1.165) is 44.5 Å². The number of hydrogen-bond acceptors (Lipinski definition) is 6. The molecule has 0 spiro atoms. The second-order valence-corrected chi connectivity index (χ2v) is 8.66. The molecule has 2 aromatic heterocycles. The van der Waals surface area contributed by atoms with E-state index in [0.29, 0.717) is 46.9 Å². The zero-order chi connectivity index (χ0) is 22.7. The maximum atomic E-state index is 12.9. The number of nitrogens with zero attached hydrogens (tertiary/aromatic N) is 6. The number of unbranched alkanes of at least 4 members (excludes halogenated alkanes) is 2. The van der Waals surface area contributed by atoms with Gasteiger partial charge in [-0.2, -0.15) is 4.98 Å².